The van der Waals surface area contributed by atoms with Crippen molar-refractivity contribution in [2.24, 2.45) is 0 Å². The first-order valence-electron chi connectivity index (χ1n) is 10.7. The molecule has 8 nitrogen and oxygen atoms in total. The molecule has 0 bridgehead atoms. The molecule has 2 aromatic carbocycles. The number of carbonyl (C=O) groups is 2. The van der Waals surface area contributed by atoms with Gasteiger partial charge in [-0.25, -0.2) is 8.42 Å². The number of benzene rings is 2. The van der Waals surface area contributed by atoms with E-state index < -0.39 is 15.7 Å². The average molecular weight is 495 g/mol. The number of halogens is 1. The Morgan fingerprint density at radius 1 is 1.03 bits per heavy atom. The molecule has 0 saturated carbocycles. The summed E-state index contributed by atoms with van der Waals surface area (Å²) < 4.78 is 34.9. The van der Waals surface area contributed by atoms with Crippen molar-refractivity contribution in [2.45, 2.75) is 31.1 Å². The van der Waals surface area contributed by atoms with Crippen molar-refractivity contribution >= 4 is 38.9 Å². The van der Waals surface area contributed by atoms with E-state index in [1.165, 1.54) is 30.3 Å². The first-order valence-corrected chi connectivity index (χ1v) is 12.9. The highest BCUT2D eigenvalue weighted by Crippen LogP contribution is 2.30. The normalized spacial score (nSPS) is 14.0. The Kier molecular flexibility index (Phi) is 8.20. The maximum atomic E-state index is 12.8. The summed E-state index contributed by atoms with van der Waals surface area (Å²) in [5.74, 6) is 0.0993. The lowest BCUT2D eigenvalue weighted by atomic mass is 10.1. The fourth-order valence-electron chi connectivity index (χ4n) is 3.44. The molecule has 1 aliphatic heterocycles. The van der Waals surface area contributed by atoms with Crippen molar-refractivity contribution in [1.82, 2.24) is 4.90 Å². The lowest BCUT2D eigenvalue weighted by Crippen LogP contribution is -2.38. The number of nitrogens with zero attached hydrogens (tertiary/aromatic N) is 1. The molecule has 33 heavy (non-hydrogen) atoms. The predicted molar refractivity (Wildman–Crippen MR) is 126 cm³/mol. The van der Waals surface area contributed by atoms with E-state index >= 15 is 0 Å². The number of hydrogen-bond donors (Lipinski definition) is 1. The van der Waals surface area contributed by atoms with Crippen LogP contribution < -0.4 is 14.8 Å². The van der Waals surface area contributed by atoms with Crippen molar-refractivity contribution in [2.75, 3.05) is 37.9 Å². The molecule has 2 aromatic rings. The number of hydrogen-bond acceptors (Lipinski definition) is 6. The fraction of sp³-hybridized carbons (Fsp3) is 0.391. The molecular weight excluding hydrogens is 468 g/mol. The quantitative estimate of drug-likeness (QED) is 0.599. The SMILES string of the molecule is CCOc1cc(C(=O)Nc2cc(S(C)(=O)=O)ccc2Cl)ccc1OCC(=O)N1CCCCC1. The summed E-state index contributed by atoms with van der Waals surface area (Å²) in [5, 5.41) is 2.83. The van der Waals surface area contributed by atoms with Crippen molar-refractivity contribution in [3.63, 3.8) is 0 Å². The van der Waals surface area contributed by atoms with Gasteiger partial charge in [0.2, 0.25) is 0 Å². The number of anilines is 1. The maximum absolute atomic E-state index is 12.8. The first-order chi connectivity index (χ1) is 15.7. The van der Waals surface area contributed by atoms with Gasteiger partial charge in [0, 0.05) is 24.9 Å². The van der Waals surface area contributed by atoms with Crippen LogP contribution in [0.1, 0.15) is 36.5 Å². The zero-order valence-corrected chi connectivity index (χ0v) is 20.2. The average Bonchev–Trinajstić information content (AvgIpc) is 2.79. The van der Waals surface area contributed by atoms with Gasteiger partial charge in [-0.2, -0.15) is 0 Å². The zero-order chi connectivity index (χ0) is 24.0. The van der Waals surface area contributed by atoms with E-state index in [9.17, 15) is 18.0 Å². The Bertz CT molecular complexity index is 1130. The third kappa shape index (κ3) is 6.61. The summed E-state index contributed by atoms with van der Waals surface area (Å²) >= 11 is 6.13. The molecule has 1 N–H and O–H groups in total. The van der Waals surface area contributed by atoms with Crippen LogP contribution in [-0.4, -0.2) is 57.7 Å². The van der Waals surface area contributed by atoms with Crippen LogP contribution in [0, 0.1) is 0 Å². The van der Waals surface area contributed by atoms with Crippen molar-refractivity contribution in [3.05, 3.63) is 47.0 Å². The van der Waals surface area contributed by atoms with Gasteiger partial charge in [0.05, 0.1) is 22.2 Å². The molecule has 178 valence electrons. The highest BCUT2D eigenvalue weighted by Gasteiger charge is 2.19. The van der Waals surface area contributed by atoms with Crippen LogP contribution in [0.25, 0.3) is 0 Å². The highest BCUT2D eigenvalue weighted by atomic mass is 35.5. The van der Waals surface area contributed by atoms with Gasteiger partial charge < -0.3 is 19.7 Å². The number of rotatable bonds is 8. The van der Waals surface area contributed by atoms with E-state index in [0.717, 1.165) is 38.6 Å². The van der Waals surface area contributed by atoms with E-state index in [0.29, 0.717) is 18.1 Å². The van der Waals surface area contributed by atoms with Gasteiger partial charge in [0.15, 0.2) is 27.9 Å². The topological polar surface area (TPSA) is 102 Å². The van der Waals surface area contributed by atoms with Crippen molar-refractivity contribution < 1.29 is 27.5 Å². The molecule has 1 saturated heterocycles. The van der Waals surface area contributed by atoms with Crippen LogP contribution >= 0.6 is 11.6 Å². The maximum Gasteiger partial charge on any atom is 0.260 e. The molecule has 1 fully saturated rings. The van der Waals surface area contributed by atoms with Crippen molar-refractivity contribution in [3.8, 4) is 11.5 Å². The summed E-state index contributed by atoms with van der Waals surface area (Å²) in [4.78, 5) is 27.0. The molecule has 2 amide bonds. The Labute approximate surface area is 198 Å². The third-order valence-corrected chi connectivity index (χ3v) is 6.62. The highest BCUT2D eigenvalue weighted by molar-refractivity contribution is 7.90. The largest absolute Gasteiger partial charge is 0.490 e. The second-order valence-corrected chi connectivity index (χ2v) is 10.1. The third-order valence-electron chi connectivity index (χ3n) is 5.18. The molecular formula is C23H27ClN2O6S. The molecule has 3 rings (SSSR count). The lowest BCUT2D eigenvalue weighted by Gasteiger charge is -2.26. The van der Waals surface area contributed by atoms with Gasteiger partial charge in [-0.05, 0) is 62.6 Å². The number of ether oxygens (including phenoxy) is 2. The van der Waals surface area contributed by atoms with E-state index in [1.807, 2.05) is 0 Å². The summed E-state index contributed by atoms with van der Waals surface area (Å²) in [5.41, 5.74) is 0.434. The summed E-state index contributed by atoms with van der Waals surface area (Å²) in [6.45, 7) is 3.50. The molecule has 1 heterocycles. The molecule has 0 aliphatic carbocycles. The number of nitrogens with one attached hydrogen (secondary N) is 1. The van der Waals surface area contributed by atoms with Gasteiger partial charge in [-0.1, -0.05) is 11.6 Å². The van der Waals surface area contributed by atoms with E-state index in [2.05, 4.69) is 5.32 Å². The second kappa shape index (κ2) is 10.9. The number of likely N-dealkylation sites (tertiary alicyclic amines) is 1. The molecule has 0 radical (unpaired) electrons. The van der Waals surface area contributed by atoms with Gasteiger partial charge in [-0.15, -0.1) is 0 Å². The minimum absolute atomic E-state index is 0.0410. The molecule has 1 aliphatic rings. The fourth-order valence-corrected chi connectivity index (χ4v) is 4.25. The monoisotopic (exact) mass is 494 g/mol. The predicted octanol–water partition coefficient (Wildman–Crippen LogP) is 3.79. The van der Waals surface area contributed by atoms with E-state index in [4.69, 9.17) is 21.1 Å². The first kappa shape index (κ1) is 24.9. The van der Waals surface area contributed by atoms with Crippen LogP contribution in [-0.2, 0) is 14.6 Å². The molecule has 0 aromatic heterocycles. The molecule has 0 spiro atoms. The zero-order valence-electron chi connectivity index (χ0n) is 18.6. The Morgan fingerprint density at radius 2 is 1.76 bits per heavy atom. The lowest BCUT2D eigenvalue weighted by molar-refractivity contribution is -0.134. The van der Waals surface area contributed by atoms with Gasteiger partial charge in [0.25, 0.3) is 11.8 Å². The summed E-state index contributed by atoms with van der Waals surface area (Å²) in [7, 11) is -3.46. The number of carbonyl (C=O) groups excluding carboxylic acids is 2. The molecule has 0 unspecified atom stereocenters. The number of piperidine rings is 1. The second-order valence-electron chi connectivity index (χ2n) is 7.69. The van der Waals surface area contributed by atoms with Crippen LogP contribution in [0.3, 0.4) is 0 Å². The Morgan fingerprint density at radius 3 is 2.42 bits per heavy atom. The van der Waals surface area contributed by atoms with E-state index in [1.54, 1.807) is 17.9 Å². The minimum atomic E-state index is -3.46. The van der Waals surface area contributed by atoms with Gasteiger partial charge >= 0.3 is 0 Å². The summed E-state index contributed by atoms with van der Waals surface area (Å²) in [6.07, 6.45) is 4.20. The Balaban J connectivity index is 1.74. The van der Waals surface area contributed by atoms with Crippen LogP contribution in [0.15, 0.2) is 41.3 Å². The van der Waals surface area contributed by atoms with E-state index in [-0.39, 0.29) is 33.7 Å². The summed E-state index contributed by atoms with van der Waals surface area (Å²) in [6, 6.07) is 8.70. The van der Waals surface area contributed by atoms with Gasteiger partial charge in [0.1, 0.15) is 0 Å². The number of amides is 2. The van der Waals surface area contributed by atoms with Crippen LogP contribution in [0.5, 0.6) is 11.5 Å². The van der Waals surface area contributed by atoms with Crippen LogP contribution in [0.2, 0.25) is 5.02 Å². The minimum Gasteiger partial charge on any atom is -0.490 e. The molecule has 0 atom stereocenters. The smallest absolute Gasteiger partial charge is 0.260 e. The van der Waals surface area contributed by atoms with Crippen molar-refractivity contribution in [1.29, 1.82) is 0 Å². The number of sulfone groups is 1. The van der Waals surface area contributed by atoms with Crippen LogP contribution in [0.4, 0.5) is 5.69 Å². The van der Waals surface area contributed by atoms with Gasteiger partial charge in [-0.3, -0.25) is 9.59 Å². The Hall–Kier alpha value is -2.78. The molecule has 10 heteroatoms. The standard InChI is InChI=1S/C23H27ClN2O6S/c1-3-31-21-13-16(7-10-20(21)32-15-22(27)26-11-5-4-6-12-26)23(28)25-19-14-17(33(2,29)30)8-9-18(19)24/h7-10,13-14H,3-6,11-12,15H2,1-2H3,(H,25,28).